The predicted molar refractivity (Wildman–Crippen MR) is 406 cm³/mol. The second kappa shape index (κ2) is 24.1. The normalized spacial score (nSPS) is 14.9. The largest absolute Gasteiger partial charge is 0.310 e. The van der Waals surface area contributed by atoms with Crippen LogP contribution in [0.15, 0.2) is 365 Å². The van der Waals surface area contributed by atoms with E-state index < -0.39 is 10.8 Å². The van der Waals surface area contributed by atoms with Gasteiger partial charge in [0.1, 0.15) is 0 Å². The number of hydrogen-bond acceptors (Lipinski definition) is 2. The number of anilines is 6. The average Bonchev–Trinajstić information content (AvgIpc) is 1.55. The lowest BCUT2D eigenvalue weighted by Crippen LogP contribution is -2.30. The lowest BCUT2D eigenvalue weighted by Gasteiger charge is -2.34. The van der Waals surface area contributed by atoms with Crippen LogP contribution in [0.25, 0.3) is 78.2 Å². The Morgan fingerprint density at radius 2 is 0.583 bits per heavy atom. The lowest BCUT2D eigenvalue weighted by molar-refractivity contribution is 0.629. The molecule has 0 aromatic heterocycles. The molecule has 2 nitrogen and oxygen atoms in total. The summed E-state index contributed by atoms with van der Waals surface area (Å²) in [6.45, 7) is 8.12. The van der Waals surface area contributed by atoms with Crippen LogP contribution < -0.4 is 9.80 Å². The molecular weight excluding hydrogens is 1160 g/mol. The first kappa shape index (κ1) is 57.8. The van der Waals surface area contributed by atoms with Gasteiger partial charge in [0, 0.05) is 33.5 Å². The molecule has 0 heterocycles. The molecule has 0 fully saturated rings. The average molecular weight is 1230 g/mol. The zero-order chi connectivity index (χ0) is 64.2. The van der Waals surface area contributed by atoms with Gasteiger partial charge < -0.3 is 9.80 Å². The fourth-order valence-corrected chi connectivity index (χ4v) is 15.9. The summed E-state index contributed by atoms with van der Waals surface area (Å²) in [7, 11) is 0. The molecule has 2 aliphatic carbocycles. The van der Waals surface area contributed by atoms with Crippen molar-refractivity contribution in [2.45, 2.75) is 23.7 Å². The maximum absolute atomic E-state index is 4.06. The molecule has 15 aromatic carbocycles. The molecular formula is C94H68N2. The second-order valence-corrected chi connectivity index (χ2v) is 25.7. The first-order chi connectivity index (χ1) is 47.4. The van der Waals surface area contributed by atoms with Gasteiger partial charge in [0.05, 0.1) is 22.2 Å². The lowest BCUT2D eigenvalue weighted by atomic mass is 9.68. The van der Waals surface area contributed by atoms with Crippen molar-refractivity contribution < 1.29 is 0 Å². The Hall–Kier alpha value is -12.1. The van der Waals surface area contributed by atoms with Crippen LogP contribution in [0.5, 0.6) is 0 Å². The molecule has 0 aliphatic heterocycles. The highest BCUT2D eigenvalue weighted by atomic mass is 15.1. The summed E-state index contributed by atoms with van der Waals surface area (Å²) in [5.74, 6) is 0. The molecule has 2 atom stereocenters. The van der Waals surface area contributed by atoms with E-state index >= 15 is 0 Å². The third-order valence-corrected chi connectivity index (χ3v) is 20.5. The van der Waals surface area contributed by atoms with Gasteiger partial charge in [-0.15, -0.1) is 0 Å². The van der Waals surface area contributed by atoms with Crippen LogP contribution in [0.4, 0.5) is 34.1 Å². The molecule has 2 unspecified atom stereocenters. The van der Waals surface area contributed by atoms with Gasteiger partial charge in [0.15, 0.2) is 0 Å². The molecule has 454 valence electrons. The summed E-state index contributed by atoms with van der Waals surface area (Å²) >= 11 is 0. The topological polar surface area (TPSA) is 6.48 Å². The van der Waals surface area contributed by atoms with Gasteiger partial charge in [-0.05, 0) is 184 Å². The Morgan fingerprint density at radius 1 is 0.260 bits per heavy atom. The molecule has 0 saturated heterocycles. The Morgan fingerprint density at radius 3 is 0.979 bits per heavy atom. The SMILES string of the molecule is C=Cc1ccc(CC2(c3ccccc3)c3ccccc3-c3ccc(N(c4ccc(-c5ccc(-c6ccc(N(c7ccc8c(c7)C(Cc7ccc(C=C)cc7)(c7ccccc7)c7ccccc7-8)c7cccc8ccccc78)cc6)cc5)cc4)c4cccc5ccccc45)cc32)cc1. The van der Waals surface area contributed by atoms with Crippen LogP contribution in [0.1, 0.15) is 55.6 Å². The maximum Gasteiger partial charge on any atom is 0.0540 e. The van der Waals surface area contributed by atoms with Crippen molar-refractivity contribution in [1.29, 1.82) is 0 Å². The van der Waals surface area contributed by atoms with Gasteiger partial charge >= 0.3 is 0 Å². The summed E-state index contributed by atoms with van der Waals surface area (Å²) in [6.07, 6.45) is 5.45. The zero-order valence-corrected chi connectivity index (χ0v) is 53.4. The predicted octanol–water partition coefficient (Wildman–Crippen LogP) is 24.7. The first-order valence-corrected chi connectivity index (χ1v) is 33.4. The monoisotopic (exact) mass is 1220 g/mol. The van der Waals surface area contributed by atoms with E-state index in [0.717, 1.165) is 80.3 Å². The van der Waals surface area contributed by atoms with E-state index in [0.29, 0.717) is 0 Å². The van der Waals surface area contributed by atoms with E-state index in [1.54, 1.807) is 0 Å². The molecule has 0 amide bonds. The zero-order valence-electron chi connectivity index (χ0n) is 53.4. The van der Waals surface area contributed by atoms with Crippen LogP contribution >= 0.6 is 0 Å². The molecule has 0 N–H and O–H groups in total. The van der Waals surface area contributed by atoms with Crippen LogP contribution in [0.3, 0.4) is 0 Å². The van der Waals surface area contributed by atoms with Crippen molar-refractivity contribution in [3.05, 3.63) is 421 Å². The molecule has 2 heteroatoms. The molecule has 0 bridgehead atoms. The third-order valence-electron chi connectivity index (χ3n) is 20.5. The quantitative estimate of drug-likeness (QED) is 0.0951. The van der Waals surface area contributed by atoms with Gasteiger partial charge in [-0.1, -0.05) is 316 Å². The van der Waals surface area contributed by atoms with E-state index in [9.17, 15) is 0 Å². The first-order valence-electron chi connectivity index (χ1n) is 33.4. The molecule has 96 heavy (non-hydrogen) atoms. The highest BCUT2D eigenvalue weighted by Crippen LogP contribution is 2.58. The molecule has 0 radical (unpaired) electrons. The van der Waals surface area contributed by atoms with Crippen LogP contribution in [-0.2, 0) is 23.7 Å². The summed E-state index contributed by atoms with van der Waals surface area (Å²) in [4.78, 5) is 4.93. The van der Waals surface area contributed by atoms with E-state index in [4.69, 9.17) is 0 Å². The van der Waals surface area contributed by atoms with Crippen LogP contribution in [0, 0.1) is 0 Å². The third kappa shape index (κ3) is 9.80. The smallest absolute Gasteiger partial charge is 0.0540 e. The fraction of sp³-hybridized carbons (Fsp3) is 0.0426. The van der Waals surface area contributed by atoms with Gasteiger partial charge in [-0.25, -0.2) is 0 Å². The minimum absolute atomic E-state index is 0.451. The Kier molecular flexibility index (Phi) is 14.5. The molecule has 15 aromatic rings. The second-order valence-electron chi connectivity index (χ2n) is 25.7. The van der Waals surface area contributed by atoms with Crippen molar-refractivity contribution in [2.75, 3.05) is 9.80 Å². The fourth-order valence-electron chi connectivity index (χ4n) is 15.9. The van der Waals surface area contributed by atoms with Crippen molar-refractivity contribution in [3.63, 3.8) is 0 Å². The summed E-state index contributed by atoms with van der Waals surface area (Å²) in [6, 6.07) is 131. The van der Waals surface area contributed by atoms with Gasteiger partial charge in [0.25, 0.3) is 0 Å². The van der Waals surface area contributed by atoms with Crippen molar-refractivity contribution >= 4 is 67.8 Å². The Balaban J connectivity index is 0.721. The van der Waals surface area contributed by atoms with Gasteiger partial charge in [0.2, 0.25) is 0 Å². The molecule has 2 aliphatic rings. The van der Waals surface area contributed by atoms with Gasteiger partial charge in [-0.3, -0.25) is 0 Å². The maximum atomic E-state index is 4.06. The minimum Gasteiger partial charge on any atom is -0.310 e. The van der Waals surface area contributed by atoms with Crippen molar-refractivity contribution in [2.24, 2.45) is 0 Å². The molecule has 0 saturated carbocycles. The summed E-state index contributed by atoms with van der Waals surface area (Å²) < 4.78 is 0. The van der Waals surface area contributed by atoms with E-state index in [1.807, 2.05) is 12.2 Å². The van der Waals surface area contributed by atoms with Crippen molar-refractivity contribution in [3.8, 4) is 44.5 Å². The van der Waals surface area contributed by atoms with Gasteiger partial charge in [-0.2, -0.15) is 0 Å². The standard InChI is InChI=1S/C94H68N2/c1-3-65-37-41-67(42-38-65)63-93(75-25-7-5-8-26-75)87-33-17-15-31-83(87)85-59-57-79(61-89(85)93)95(91-35-19-23-73-21-11-13-29-81(73)91)77-53-49-71(50-54-77)69-45-47-70(48-46-69)72-51-55-78(56-52-72)96(92-36-20-24-74-22-12-14-30-82(74)92)80-58-60-86-84-32-16-18-34-88(84)94(90(86)62-80,76-27-9-6-10-28-76)64-68-43-39-66(4-2)40-44-68/h3-62H,1-2,63-64H2. The number of fused-ring (bicyclic) bond motifs is 8. The van der Waals surface area contributed by atoms with E-state index in [1.165, 1.54) is 88.3 Å². The summed E-state index contributed by atoms with van der Waals surface area (Å²) in [5.41, 5.74) is 28.1. The highest BCUT2D eigenvalue weighted by molar-refractivity contribution is 6.01. The molecule has 17 rings (SSSR count). The summed E-state index contributed by atoms with van der Waals surface area (Å²) in [5, 5.41) is 4.78. The van der Waals surface area contributed by atoms with Crippen molar-refractivity contribution in [1.82, 2.24) is 0 Å². The van der Waals surface area contributed by atoms with E-state index in [-0.39, 0.29) is 0 Å². The highest BCUT2D eigenvalue weighted by Gasteiger charge is 2.47. The van der Waals surface area contributed by atoms with E-state index in [2.05, 4.69) is 375 Å². The number of benzene rings is 15. The van der Waals surface area contributed by atoms with Crippen LogP contribution in [-0.4, -0.2) is 0 Å². The minimum atomic E-state index is -0.451. The molecule has 0 spiro atoms. The Bertz CT molecular complexity index is 5070. The number of nitrogens with zero attached hydrogens (tertiary/aromatic N) is 2. The Labute approximate surface area is 563 Å². The van der Waals surface area contributed by atoms with Crippen LogP contribution in [0.2, 0.25) is 0 Å². The number of rotatable bonds is 16. The number of hydrogen-bond donors (Lipinski definition) is 0.